The summed E-state index contributed by atoms with van der Waals surface area (Å²) in [6.07, 6.45) is 6.39. The summed E-state index contributed by atoms with van der Waals surface area (Å²) < 4.78 is 31.7. The van der Waals surface area contributed by atoms with Crippen LogP contribution in [-0.4, -0.2) is 96.4 Å². The molecule has 0 amide bonds. The third-order valence-electron chi connectivity index (χ3n) is 6.66. The second kappa shape index (κ2) is 10.0. The Kier molecular flexibility index (Phi) is 6.55. The van der Waals surface area contributed by atoms with E-state index in [1.807, 2.05) is 18.3 Å². The fourth-order valence-electron chi connectivity index (χ4n) is 4.60. The van der Waals surface area contributed by atoms with Gasteiger partial charge >= 0.3 is 0 Å². The normalized spacial score (nSPS) is 17.3. The van der Waals surface area contributed by atoms with Gasteiger partial charge in [-0.2, -0.15) is 4.31 Å². The number of morpholine rings is 1. The minimum Gasteiger partial charge on any atom is -0.378 e. The SMILES string of the molecule is CS(=O)(=O)N1CCN(c2ccc(-c3cc4nc(-c5cnc(N)nc5)nc(N5CCOCC5)c4s3)cn2)CC1. The number of nitrogen functional groups attached to an aromatic ring is 1. The van der Waals surface area contributed by atoms with Crippen molar-refractivity contribution in [3.8, 4) is 21.8 Å². The molecule has 2 fully saturated rings. The van der Waals surface area contributed by atoms with E-state index < -0.39 is 10.0 Å². The van der Waals surface area contributed by atoms with Gasteiger partial charge in [0.1, 0.15) is 5.82 Å². The number of nitrogens with zero attached hydrogens (tertiary/aromatic N) is 8. The topological polar surface area (TPSA) is 144 Å². The molecule has 4 aromatic rings. The average Bonchev–Trinajstić information content (AvgIpc) is 3.37. The Morgan fingerprint density at radius 2 is 1.61 bits per heavy atom. The number of hydrogen-bond donors (Lipinski definition) is 1. The highest BCUT2D eigenvalue weighted by Crippen LogP contribution is 2.39. The summed E-state index contributed by atoms with van der Waals surface area (Å²) in [5.41, 5.74) is 8.20. The molecule has 198 valence electrons. The lowest BCUT2D eigenvalue weighted by molar-refractivity contribution is 0.122. The number of sulfonamides is 1. The Bertz CT molecular complexity index is 1550. The Morgan fingerprint density at radius 3 is 2.26 bits per heavy atom. The quantitative estimate of drug-likeness (QED) is 0.386. The first-order valence-electron chi connectivity index (χ1n) is 12.2. The lowest BCUT2D eigenvalue weighted by Crippen LogP contribution is -2.48. The van der Waals surface area contributed by atoms with Crippen LogP contribution in [0.15, 0.2) is 36.8 Å². The van der Waals surface area contributed by atoms with Crippen molar-refractivity contribution in [1.82, 2.24) is 29.2 Å². The van der Waals surface area contributed by atoms with Crippen LogP contribution >= 0.6 is 11.3 Å². The lowest BCUT2D eigenvalue weighted by Gasteiger charge is -2.33. The van der Waals surface area contributed by atoms with Gasteiger partial charge in [-0.15, -0.1) is 11.3 Å². The van der Waals surface area contributed by atoms with Crippen molar-refractivity contribution in [2.75, 3.05) is 74.3 Å². The fraction of sp³-hybridized carbons (Fsp3) is 0.375. The first-order chi connectivity index (χ1) is 18.3. The average molecular weight is 554 g/mol. The van der Waals surface area contributed by atoms with Gasteiger partial charge in [0.15, 0.2) is 11.6 Å². The summed E-state index contributed by atoms with van der Waals surface area (Å²) in [7, 11) is -3.17. The maximum Gasteiger partial charge on any atom is 0.219 e. The second-order valence-electron chi connectivity index (χ2n) is 9.18. The Hall–Kier alpha value is -3.46. The van der Waals surface area contributed by atoms with Crippen molar-refractivity contribution >= 4 is 49.2 Å². The van der Waals surface area contributed by atoms with E-state index in [1.165, 1.54) is 10.6 Å². The molecule has 2 saturated heterocycles. The number of piperazine rings is 1. The summed E-state index contributed by atoms with van der Waals surface area (Å²) in [5.74, 6) is 2.46. The molecule has 0 radical (unpaired) electrons. The van der Waals surface area contributed by atoms with Gasteiger partial charge in [-0.25, -0.2) is 33.3 Å². The molecular weight excluding hydrogens is 526 g/mol. The van der Waals surface area contributed by atoms with Gasteiger partial charge in [-0.1, -0.05) is 0 Å². The third-order valence-corrected chi connectivity index (χ3v) is 9.13. The van der Waals surface area contributed by atoms with Crippen LogP contribution in [0.1, 0.15) is 0 Å². The molecule has 12 nitrogen and oxygen atoms in total. The van der Waals surface area contributed by atoms with Gasteiger partial charge in [-0.05, 0) is 18.2 Å². The van der Waals surface area contributed by atoms with Crippen LogP contribution in [0.25, 0.3) is 32.0 Å². The molecule has 14 heteroatoms. The van der Waals surface area contributed by atoms with Crippen LogP contribution < -0.4 is 15.5 Å². The van der Waals surface area contributed by atoms with Crippen molar-refractivity contribution in [2.45, 2.75) is 0 Å². The number of pyridine rings is 1. The Labute approximate surface area is 224 Å². The molecule has 2 aliphatic heterocycles. The van der Waals surface area contributed by atoms with Gasteiger partial charge < -0.3 is 20.3 Å². The first kappa shape index (κ1) is 24.9. The van der Waals surface area contributed by atoms with Crippen LogP contribution in [-0.2, 0) is 14.8 Å². The summed E-state index contributed by atoms with van der Waals surface area (Å²) in [6.45, 7) is 4.93. The molecule has 6 heterocycles. The molecule has 0 aliphatic carbocycles. The van der Waals surface area contributed by atoms with Crippen molar-refractivity contribution in [2.24, 2.45) is 0 Å². The highest BCUT2D eigenvalue weighted by atomic mass is 32.2. The number of nitrogens with two attached hydrogens (primary N) is 1. The molecule has 2 N–H and O–H groups in total. The first-order valence-corrected chi connectivity index (χ1v) is 14.9. The van der Waals surface area contributed by atoms with E-state index >= 15 is 0 Å². The van der Waals surface area contributed by atoms with E-state index in [4.69, 9.17) is 25.4 Å². The molecular formula is C24H27N9O3S2. The number of hydrogen-bond acceptors (Lipinski definition) is 12. The molecule has 6 rings (SSSR count). The smallest absolute Gasteiger partial charge is 0.219 e. The largest absolute Gasteiger partial charge is 0.378 e. The number of thiophene rings is 1. The van der Waals surface area contributed by atoms with Crippen LogP contribution in [0, 0.1) is 0 Å². The monoisotopic (exact) mass is 553 g/mol. The fourth-order valence-corrected chi connectivity index (χ4v) is 6.53. The zero-order valence-corrected chi connectivity index (χ0v) is 22.5. The van der Waals surface area contributed by atoms with Gasteiger partial charge in [0.05, 0.1) is 35.2 Å². The number of anilines is 3. The van der Waals surface area contributed by atoms with Crippen LogP contribution in [0.5, 0.6) is 0 Å². The lowest BCUT2D eigenvalue weighted by atomic mass is 10.2. The zero-order valence-electron chi connectivity index (χ0n) is 20.8. The standard InChI is InChI=1S/C24H27N9O3S2/c1-38(34,35)33-6-4-31(5-7-33)20-3-2-16(13-26-20)19-12-18-21(37-19)23(32-8-10-36-11-9-32)30-22(29-18)17-14-27-24(25)28-15-17/h2-3,12-15H,4-11H2,1H3,(H2,25,27,28). The summed E-state index contributed by atoms with van der Waals surface area (Å²) in [5, 5.41) is 0. The van der Waals surface area contributed by atoms with E-state index in [2.05, 4.69) is 25.8 Å². The maximum atomic E-state index is 11.8. The second-order valence-corrected chi connectivity index (χ2v) is 12.2. The molecule has 0 spiro atoms. The molecule has 0 bridgehead atoms. The van der Waals surface area contributed by atoms with E-state index in [-0.39, 0.29) is 5.95 Å². The predicted octanol–water partition coefficient (Wildman–Crippen LogP) is 1.71. The minimum absolute atomic E-state index is 0.203. The van der Waals surface area contributed by atoms with Crippen LogP contribution in [0.2, 0.25) is 0 Å². The highest BCUT2D eigenvalue weighted by molar-refractivity contribution is 7.88. The Balaban J connectivity index is 1.31. The number of aromatic nitrogens is 5. The van der Waals surface area contributed by atoms with E-state index in [0.717, 1.165) is 45.4 Å². The van der Waals surface area contributed by atoms with Gasteiger partial charge in [0.25, 0.3) is 0 Å². The van der Waals surface area contributed by atoms with E-state index in [1.54, 1.807) is 23.7 Å². The maximum absolute atomic E-state index is 11.8. The Morgan fingerprint density at radius 1 is 0.895 bits per heavy atom. The van der Waals surface area contributed by atoms with Crippen molar-refractivity contribution in [3.05, 3.63) is 36.8 Å². The molecule has 0 aromatic carbocycles. The minimum atomic E-state index is -3.17. The predicted molar refractivity (Wildman–Crippen MR) is 148 cm³/mol. The van der Waals surface area contributed by atoms with Crippen LogP contribution in [0.3, 0.4) is 0 Å². The molecule has 0 saturated carbocycles. The zero-order chi connectivity index (χ0) is 26.3. The molecule has 0 unspecified atom stereocenters. The molecule has 2 aliphatic rings. The number of ether oxygens (including phenoxy) is 1. The summed E-state index contributed by atoms with van der Waals surface area (Å²) >= 11 is 1.64. The van der Waals surface area contributed by atoms with E-state index in [9.17, 15) is 8.42 Å². The van der Waals surface area contributed by atoms with Crippen molar-refractivity contribution < 1.29 is 13.2 Å². The number of rotatable bonds is 5. The molecule has 4 aromatic heterocycles. The number of fused-ring (bicyclic) bond motifs is 1. The highest BCUT2D eigenvalue weighted by Gasteiger charge is 2.24. The van der Waals surface area contributed by atoms with Crippen LogP contribution in [0.4, 0.5) is 17.6 Å². The van der Waals surface area contributed by atoms with Gasteiger partial charge in [0.2, 0.25) is 16.0 Å². The van der Waals surface area contributed by atoms with Crippen molar-refractivity contribution in [1.29, 1.82) is 0 Å². The summed E-state index contributed by atoms with van der Waals surface area (Å²) in [4.78, 5) is 28.0. The molecule has 0 atom stereocenters. The van der Waals surface area contributed by atoms with E-state index in [0.29, 0.717) is 50.8 Å². The van der Waals surface area contributed by atoms with Gasteiger partial charge in [0, 0.05) is 68.3 Å². The van der Waals surface area contributed by atoms with Crippen molar-refractivity contribution in [3.63, 3.8) is 0 Å². The molecule has 38 heavy (non-hydrogen) atoms. The van der Waals surface area contributed by atoms with Gasteiger partial charge in [-0.3, -0.25) is 0 Å². The summed E-state index contributed by atoms with van der Waals surface area (Å²) in [6, 6.07) is 6.10. The third kappa shape index (κ3) is 4.99.